The topological polar surface area (TPSA) is 58.2 Å². The molecule has 2 aromatic carbocycles. The van der Waals surface area contributed by atoms with Crippen LogP contribution in [0.3, 0.4) is 0 Å². The smallest absolute Gasteiger partial charge is 0.226 e. The van der Waals surface area contributed by atoms with Gasteiger partial charge >= 0.3 is 0 Å². The molecule has 5 nitrogen and oxygen atoms in total. The highest BCUT2D eigenvalue weighted by atomic mass is 35.5. The number of ether oxygens (including phenoxy) is 1. The van der Waals surface area contributed by atoms with Gasteiger partial charge < -0.3 is 14.6 Å². The second-order valence-corrected chi connectivity index (χ2v) is 8.51. The van der Waals surface area contributed by atoms with Crippen LogP contribution in [0, 0.1) is 13.8 Å². The second kappa shape index (κ2) is 7.06. The molecule has 2 aliphatic heterocycles. The zero-order chi connectivity index (χ0) is 20.1. The molecule has 1 amide bonds. The van der Waals surface area contributed by atoms with E-state index in [4.69, 9.17) is 21.3 Å². The van der Waals surface area contributed by atoms with Gasteiger partial charge in [0.25, 0.3) is 0 Å². The lowest BCUT2D eigenvalue weighted by Gasteiger charge is -2.33. The number of anilines is 1. The number of rotatable bonds is 2. The first-order chi connectivity index (χ1) is 14.0. The summed E-state index contributed by atoms with van der Waals surface area (Å²) in [4.78, 5) is 22.6. The molecule has 0 aliphatic carbocycles. The molecule has 2 aliphatic rings. The molecule has 3 aromatic rings. The van der Waals surface area contributed by atoms with E-state index in [0.717, 1.165) is 82.2 Å². The number of amides is 1. The van der Waals surface area contributed by atoms with Gasteiger partial charge in [0.2, 0.25) is 5.91 Å². The number of hydrogen-bond acceptors (Lipinski definition) is 3. The van der Waals surface area contributed by atoms with Gasteiger partial charge in [-0.15, -0.1) is 0 Å². The summed E-state index contributed by atoms with van der Waals surface area (Å²) in [7, 11) is 0. The van der Waals surface area contributed by atoms with Crippen LogP contribution in [0.15, 0.2) is 24.3 Å². The summed E-state index contributed by atoms with van der Waals surface area (Å²) < 4.78 is 6.57. The lowest BCUT2D eigenvalue weighted by Crippen LogP contribution is -2.36. The number of nitrogens with zero attached hydrogens (tertiary/aromatic N) is 2. The van der Waals surface area contributed by atoms with Crippen LogP contribution in [0.2, 0.25) is 5.02 Å². The molecule has 1 saturated heterocycles. The Kier molecular flexibility index (Phi) is 4.50. The number of piperidine rings is 1. The van der Waals surface area contributed by atoms with E-state index in [9.17, 15) is 4.79 Å². The van der Waals surface area contributed by atoms with Gasteiger partial charge in [-0.25, -0.2) is 4.98 Å². The average molecular weight is 410 g/mol. The predicted octanol–water partition coefficient (Wildman–Crippen LogP) is 5.42. The maximum Gasteiger partial charge on any atom is 0.226 e. The van der Waals surface area contributed by atoms with Crippen LogP contribution in [0.1, 0.15) is 54.3 Å². The molecular formula is C23H24ClN3O2. The van der Waals surface area contributed by atoms with Crippen molar-refractivity contribution in [3.05, 3.63) is 51.8 Å². The summed E-state index contributed by atoms with van der Waals surface area (Å²) in [5.74, 6) is 1.85. The maximum absolute atomic E-state index is 12.6. The van der Waals surface area contributed by atoms with Gasteiger partial charge in [-0.2, -0.15) is 0 Å². The second-order valence-electron chi connectivity index (χ2n) is 8.07. The summed E-state index contributed by atoms with van der Waals surface area (Å²) >= 11 is 6.15. The van der Waals surface area contributed by atoms with E-state index in [1.165, 1.54) is 0 Å². The van der Waals surface area contributed by atoms with E-state index >= 15 is 0 Å². The number of carbonyl (C=O) groups excluding carboxylic acids is 1. The Balaban J connectivity index is 1.62. The van der Waals surface area contributed by atoms with Crippen molar-refractivity contribution in [2.75, 3.05) is 11.4 Å². The van der Waals surface area contributed by atoms with Crippen molar-refractivity contribution in [3.8, 4) is 5.75 Å². The summed E-state index contributed by atoms with van der Waals surface area (Å²) in [6, 6.07) is 8.03. The number of aryl methyl sites for hydroxylation is 2. The molecule has 0 bridgehead atoms. The zero-order valence-electron chi connectivity index (χ0n) is 16.7. The Morgan fingerprint density at radius 2 is 2.07 bits per heavy atom. The van der Waals surface area contributed by atoms with Gasteiger partial charge in [-0.05, 0) is 68.9 Å². The van der Waals surface area contributed by atoms with Crippen molar-refractivity contribution >= 4 is 34.2 Å². The number of aromatic amines is 1. The Hall–Kier alpha value is -2.53. The first-order valence-electron chi connectivity index (χ1n) is 10.3. The third-order valence-corrected chi connectivity index (χ3v) is 6.27. The molecule has 0 spiro atoms. The lowest BCUT2D eigenvalue weighted by atomic mass is 9.92. The average Bonchev–Trinajstić information content (AvgIpc) is 3.08. The van der Waals surface area contributed by atoms with Crippen LogP contribution < -0.4 is 9.64 Å². The number of carbonyl (C=O) groups is 1. The van der Waals surface area contributed by atoms with E-state index in [1.807, 2.05) is 24.0 Å². The molecule has 0 unspecified atom stereocenters. The van der Waals surface area contributed by atoms with Crippen molar-refractivity contribution < 1.29 is 9.53 Å². The fraction of sp³-hybridized carbons (Fsp3) is 0.391. The molecule has 29 heavy (non-hydrogen) atoms. The fourth-order valence-corrected chi connectivity index (χ4v) is 4.86. The lowest BCUT2D eigenvalue weighted by molar-refractivity contribution is -0.119. The molecule has 150 valence electrons. The van der Waals surface area contributed by atoms with Crippen LogP contribution in [0.5, 0.6) is 5.75 Å². The predicted molar refractivity (Wildman–Crippen MR) is 115 cm³/mol. The van der Waals surface area contributed by atoms with Crippen LogP contribution in [-0.2, 0) is 11.2 Å². The molecule has 0 saturated carbocycles. The monoisotopic (exact) mass is 409 g/mol. The minimum absolute atomic E-state index is 0.0488. The number of H-pyrrole nitrogens is 1. The Labute approximate surface area is 175 Å². The van der Waals surface area contributed by atoms with Gasteiger partial charge in [0.1, 0.15) is 17.4 Å². The van der Waals surface area contributed by atoms with Crippen LogP contribution in [0.25, 0.3) is 11.0 Å². The fourth-order valence-electron chi connectivity index (χ4n) is 4.64. The minimum Gasteiger partial charge on any atom is -0.483 e. The SMILES string of the molecule is Cc1nc2c3c(c(N4CCCCC4=O)cc2[nH]1)CC[C@@H](c1ccc(Cl)cc1C)O3. The highest BCUT2D eigenvalue weighted by molar-refractivity contribution is 6.30. The van der Waals surface area contributed by atoms with Gasteiger partial charge in [0.05, 0.1) is 11.2 Å². The van der Waals surface area contributed by atoms with E-state index in [0.29, 0.717) is 6.42 Å². The molecule has 0 radical (unpaired) electrons. The first-order valence-corrected chi connectivity index (χ1v) is 10.6. The summed E-state index contributed by atoms with van der Waals surface area (Å²) in [6.07, 6.45) is 4.28. The van der Waals surface area contributed by atoms with Crippen molar-refractivity contribution in [2.45, 2.75) is 52.1 Å². The van der Waals surface area contributed by atoms with Gasteiger partial charge in [-0.3, -0.25) is 4.79 Å². The third-order valence-electron chi connectivity index (χ3n) is 6.04. The number of hydrogen-bond donors (Lipinski definition) is 1. The molecular weight excluding hydrogens is 386 g/mol. The van der Waals surface area contributed by atoms with Crippen LogP contribution in [0.4, 0.5) is 5.69 Å². The molecule has 5 rings (SSSR count). The molecule has 1 atom stereocenters. The molecule has 1 aromatic heterocycles. The third kappa shape index (κ3) is 3.18. The number of aromatic nitrogens is 2. The van der Waals surface area contributed by atoms with Gasteiger partial charge in [0.15, 0.2) is 5.75 Å². The number of fused-ring (bicyclic) bond motifs is 3. The Morgan fingerprint density at radius 1 is 1.21 bits per heavy atom. The standard InChI is InChI=1S/C23H24ClN3O2/c1-13-11-15(24)6-7-16(13)20-9-8-17-19(27-10-4-3-5-21(27)28)12-18-22(23(17)29-20)26-14(2)25-18/h6-7,11-12,20H,3-5,8-10H2,1-2H3,(H,25,26)/t20-/m0/s1. The maximum atomic E-state index is 12.6. The number of halogens is 1. The van der Waals surface area contributed by atoms with E-state index < -0.39 is 0 Å². The number of benzene rings is 2. The summed E-state index contributed by atoms with van der Waals surface area (Å²) in [5, 5.41) is 0.735. The molecule has 1 N–H and O–H groups in total. The van der Waals surface area contributed by atoms with E-state index in [-0.39, 0.29) is 12.0 Å². The van der Waals surface area contributed by atoms with E-state index in [1.54, 1.807) is 0 Å². The molecule has 1 fully saturated rings. The Morgan fingerprint density at radius 3 is 2.86 bits per heavy atom. The number of nitrogens with one attached hydrogen (secondary N) is 1. The summed E-state index contributed by atoms with van der Waals surface area (Å²) in [5.41, 5.74) is 6.13. The van der Waals surface area contributed by atoms with Crippen molar-refractivity contribution in [1.82, 2.24) is 9.97 Å². The largest absolute Gasteiger partial charge is 0.483 e. The zero-order valence-corrected chi connectivity index (χ0v) is 17.5. The van der Waals surface area contributed by atoms with Gasteiger partial charge in [0, 0.05) is 23.6 Å². The minimum atomic E-state index is -0.0488. The van der Waals surface area contributed by atoms with E-state index in [2.05, 4.69) is 24.0 Å². The Bertz CT molecular complexity index is 1120. The van der Waals surface area contributed by atoms with Gasteiger partial charge in [-0.1, -0.05) is 17.7 Å². The number of imidazole rings is 1. The molecule has 6 heteroatoms. The highest BCUT2D eigenvalue weighted by Gasteiger charge is 2.31. The summed E-state index contributed by atoms with van der Waals surface area (Å²) in [6.45, 7) is 4.78. The van der Waals surface area contributed by atoms with Crippen LogP contribution in [-0.4, -0.2) is 22.4 Å². The van der Waals surface area contributed by atoms with Crippen molar-refractivity contribution in [3.63, 3.8) is 0 Å². The quantitative estimate of drug-likeness (QED) is 0.615. The normalized spacial score (nSPS) is 19.3. The first kappa shape index (κ1) is 18.5. The van der Waals surface area contributed by atoms with Crippen LogP contribution >= 0.6 is 11.6 Å². The molecule has 3 heterocycles. The highest BCUT2D eigenvalue weighted by Crippen LogP contribution is 2.45. The van der Waals surface area contributed by atoms with Crippen molar-refractivity contribution in [2.24, 2.45) is 0 Å². The van der Waals surface area contributed by atoms with Crippen molar-refractivity contribution in [1.29, 1.82) is 0 Å².